The molecular weight excluding hydrogens is 168 g/mol. The van der Waals surface area contributed by atoms with Crippen LogP contribution in [-0.2, 0) is 17.8 Å². The molecule has 0 aliphatic rings. The molecule has 1 aromatic heterocycles. The van der Waals surface area contributed by atoms with Gasteiger partial charge in [0.1, 0.15) is 12.1 Å². The van der Waals surface area contributed by atoms with Crippen molar-refractivity contribution in [1.29, 1.82) is 0 Å². The Morgan fingerprint density at radius 1 is 1.69 bits per heavy atom. The number of aromatic nitrogens is 2. The van der Waals surface area contributed by atoms with Crippen LogP contribution in [0.15, 0.2) is 6.20 Å². The van der Waals surface area contributed by atoms with Gasteiger partial charge in [0, 0.05) is 12.2 Å². The number of carbonyl (C=O) groups is 1. The summed E-state index contributed by atoms with van der Waals surface area (Å²) in [6.45, 7) is 3.94. The SMILES string of the molecule is CC(C)n1cc(CO)nc1CC=O. The van der Waals surface area contributed by atoms with E-state index >= 15 is 0 Å². The van der Waals surface area contributed by atoms with Crippen LogP contribution < -0.4 is 0 Å². The van der Waals surface area contributed by atoms with Gasteiger partial charge in [0.05, 0.1) is 18.7 Å². The average molecular weight is 182 g/mol. The van der Waals surface area contributed by atoms with Gasteiger partial charge < -0.3 is 14.5 Å². The highest BCUT2D eigenvalue weighted by Gasteiger charge is 2.08. The Balaban J connectivity index is 2.99. The minimum atomic E-state index is -0.0778. The molecule has 0 aromatic carbocycles. The lowest BCUT2D eigenvalue weighted by atomic mass is 10.3. The van der Waals surface area contributed by atoms with Crippen molar-refractivity contribution < 1.29 is 9.90 Å². The van der Waals surface area contributed by atoms with Crippen molar-refractivity contribution in [3.05, 3.63) is 17.7 Å². The lowest BCUT2D eigenvalue weighted by Gasteiger charge is -2.08. The summed E-state index contributed by atoms with van der Waals surface area (Å²) in [6.07, 6.45) is 2.91. The minimum absolute atomic E-state index is 0.0778. The summed E-state index contributed by atoms with van der Waals surface area (Å²) in [6, 6.07) is 0.266. The molecule has 0 saturated heterocycles. The Hall–Kier alpha value is -1.16. The fraction of sp³-hybridized carbons (Fsp3) is 0.556. The van der Waals surface area contributed by atoms with E-state index in [9.17, 15) is 4.79 Å². The molecule has 0 bridgehead atoms. The van der Waals surface area contributed by atoms with Crippen molar-refractivity contribution in [3.8, 4) is 0 Å². The molecule has 4 nitrogen and oxygen atoms in total. The van der Waals surface area contributed by atoms with Crippen molar-refractivity contribution in [1.82, 2.24) is 9.55 Å². The van der Waals surface area contributed by atoms with Gasteiger partial charge in [0.25, 0.3) is 0 Å². The molecule has 0 radical (unpaired) electrons. The summed E-state index contributed by atoms with van der Waals surface area (Å²) >= 11 is 0. The van der Waals surface area contributed by atoms with Gasteiger partial charge in [-0.3, -0.25) is 0 Å². The van der Waals surface area contributed by atoms with Crippen LogP contribution in [-0.4, -0.2) is 20.9 Å². The van der Waals surface area contributed by atoms with E-state index in [0.717, 1.165) is 6.29 Å². The quantitative estimate of drug-likeness (QED) is 0.697. The third-order valence-corrected chi connectivity index (χ3v) is 1.84. The zero-order chi connectivity index (χ0) is 9.84. The second-order valence-electron chi connectivity index (χ2n) is 3.18. The topological polar surface area (TPSA) is 55.1 Å². The molecular formula is C9H14N2O2. The van der Waals surface area contributed by atoms with Gasteiger partial charge in [-0.2, -0.15) is 0 Å². The molecule has 0 atom stereocenters. The monoisotopic (exact) mass is 182 g/mol. The highest BCUT2D eigenvalue weighted by atomic mass is 16.3. The lowest BCUT2D eigenvalue weighted by molar-refractivity contribution is -0.107. The minimum Gasteiger partial charge on any atom is -0.390 e. The van der Waals surface area contributed by atoms with Crippen LogP contribution in [0.3, 0.4) is 0 Å². The van der Waals surface area contributed by atoms with Crippen molar-refractivity contribution in [2.24, 2.45) is 0 Å². The van der Waals surface area contributed by atoms with Crippen LogP contribution in [0, 0.1) is 0 Å². The fourth-order valence-electron chi connectivity index (χ4n) is 1.24. The van der Waals surface area contributed by atoms with E-state index < -0.39 is 0 Å². The molecule has 1 rings (SSSR count). The van der Waals surface area contributed by atoms with Gasteiger partial charge in [-0.15, -0.1) is 0 Å². The standard InChI is InChI=1S/C9H14N2O2/c1-7(2)11-5-8(6-13)10-9(11)3-4-12/h4-5,7,13H,3,6H2,1-2H3. The van der Waals surface area contributed by atoms with E-state index in [4.69, 9.17) is 5.11 Å². The molecule has 0 aliphatic carbocycles. The molecule has 1 N–H and O–H groups in total. The number of hydrogen-bond donors (Lipinski definition) is 1. The largest absolute Gasteiger partial charge is 0.390 e. The molecule has 4 heteroatoms. The summed E-state index contributed by atoms with van der Waals surface area (Å²) in [5.74, 6) is 0.717. The molecule has 0 fully saturated rings. The van der Waals surface area contributed by atoms with Gasteiger partial charge in [-0.05, 0) is 13.8 Å². The average Bonchev–Trinajstić information content (AvgIpc) is 2.48. The molecule has 72 valence electrons. The maximum atomic E-state index is 10.3. The van der Waals surface area contributed by atoms with Crippen molar-refractivity contribution in [3.63, 3.8) is 0 Å². The number of aldehydes is 1. The third kappa shape index (κ3) is 2.15. The molecule has 13 heavy (non-hydrogen) atoms. The Kier molecular flexibility index (Phi) is 3.19. The Labute approximate surface area is 77.2 Å². The molecule has 0 saturated carbocycles. The molecule has 0 aliphatic heterocycles. The van der Waals surface area contributed by atoms with Crippen LogP contribution in [0.2, 0.25) is 0 Å². The second-order valence-corrected chi connectivity index (χ2v) is 3.18. The summed E-state index contributed by atoms with van der Waals surface area (Å²) in [4.78, 5) is 14.5. The maximum absolute atomic E-state index is 10.3. The maximum Gasteiger partial charge on any atom is 0.127 e. The number of hydrogen-bond acceptors (Lipinski definition) is 3. The van der Waals surface area contributed by atoms with E-state index in [-0.39, 0.29) is 12.6 Å². The van der Waals surface area contributed by atoms with Gasteiger partial charge in [-0.1, -0.05) is 0 Å². The number of carbonyl (C=O) groups excluding carboxylic acids is 1. The van der Waals surface area contributed by atoms with Gasteiger partial charge in [0.15, 0.2) is 0 Å². The fourth-order valence-corrected chi connectivity index (χ4v) is 1.24. The summed E-state index contributed by atoms with van der Waals surface area (Å²) in [5, 5.41) is 8.86. The van der Waals surface area contributed by atoms with E-state index in [0.29, 0.717) is 17.9 Å². The molecule has 0 unspecified atom stereocenters. The normalized spacial score (nSPS) is 10.8. The lowest BCUT2D eigenvalue weighted by Crippen LogP contribution is -2.05. The van der Waals surface area contributed by atoms with Crippen LogP contribution in [0.5, 0.6) is 0 Å². The predicted octanol–water partition coefficient (Wildman–Crippen LogP) is 0.698. The summed E-state index contributed by atoms with van der Waals surface area (Å²) < 4.78 is 1.90. The van der Waals surface area contributed by atoms with Gasteiger partial charge in [0.2, 0.25) is 0 Å². The third-order valence-electron chi connectivity index (χ3n) is 1.84. The predicted molar refractivity (Wildman–Crippen MR) is 48.3 cm³/mol. The van der Waals surface area contributed by atoms with Gasteiger partial charge in [-0.25, -0.2) is 4.98 Å². The highest BCUT2D eigenvalue weighted by Crippen LogP contribution is 2.11. The van der Waals surface area contributed by atoms with E-state index in [1.807, 2.05) is 18.4 Å². The van der Waals surface area contributed by atoms with Crippen LogP contribution in [0.4, 0.5) is 0 Å². The first-order chi connectivity index (χ1) is 6.19. The number of rotatable bonds is 4. The number of aliphatic hydroxyl groups excluding tert-OH is 1. The number of nitrogens with zero attached hydrogens (tertiary/aromatic N) is 2. The smallest absolute Gasteiger partial charge is 0.127 e. The first-order valence-corrected chi connectivity index (χ1v) is 4.30. The second kappa shape index (κ2) is 4.18. The Morgan fingerprint density at radius 3 is 2.85 bits per heavy atom. The van der Waals surface area contributed by atoms with Crippen molar-refractivity contribution in [2.75, 3.05) is 0 Å². The van der Waals surface area contributed by atoms with Crippen molar-refractivity contribution in [2.45, 2.75) is 32.9 Å². The van der Waals surface area contributed by atoms with E-state index in [2.05, 4.69) is 4.98 Å². The first-order valence-electron chi connectivity index (χ1n) is 4.30. The summed E-state index contributed by atoms with van der Waals surface area (Å²) in [7, 11) is 0. The summed E-state index contributed by atoms with van der Waals surface area (Å²) in [5.41, 5.74) is 0.616. The molecule has 0 amide bonds. The van der Waals surface area contributed by atoms with E-state index in [1.54, 1.807) is 6.20 Å². The van der Waals surface area contributed by atoms with Crippen LogP contribution in [0.25, 0.3) is 0 Å². The highest BCUT2D eigenvalue weighted by molar-refractivity contribution is 5.52. The van der Waals surface area contributed by atoms with Crippen molar-refractivity contribution >= 4 is 6.29 Å². The van der Waals surface area contributed by atoms with Gasteiger partial charge >= 0.3 is 0 Å². The Morgan fingerprint density at radius 2 is 2.38 bits per heavy atom. The zero-order valence-electron chi connectivity index (χ0n) is 7.90. The number of aliphatic hydroxyl groups is 1. The molecule has 1 aromatic rings. The zero-order valence-corrected chi connectivity index (χ0v) is 7.90. The van der Waals surface area contributed by atoms with Crippen LogP contribution in [0.1, 0.15) is 31.4 Å². The van der Waals surface area contributed by atoms with Crippen LogP contribution >= 0.6 is 0 Å². The van der Waals surface area contributed by atoms with E-state index in [1.165, 1.54) is 0 Å². The molecule has 0 spiro atoms. The molecule has 1 heterocycles. The number of imidazole rings is 1. The Bertz CT molecular complexity index is 292. The first kappa shape index (κ1) is 9.92.